The SMILES string of the molecule is COc1ncc(C(=O)N2C[C@@H]3C(C)(C)C[C@]3(CO)C2)cc1F. The standard InChI is InChI=1S/C16H21FN2O3/c1-15(2)7-16(9-20)8-19(6-12(15)16)14(21)10-4-11(17)13(22-3)18-5-10/h4-5,12,20H,6-9H2,1-3H3/t12-,16-/m1/s1. The summed E-state index contributed by atoms with van der Waals surface area (Å²) in [4.78, 5) is 18.1. The van der Waals surface area contributed by atoms with Gasteiger partial charge < -0.3 is 14.7 Å². The van der Waals surface area contributed by atoms with Gasteiger partial charge in [0.1, 0.15) is 0 Å². The van der Waals surface area contributed by atoms with Gasteiger partial charge in [0, 0.05) is 24.7 Å². The van der Waals surface area contributed by atoms with Crippen LogP contribution in [0.1, 0.15) is 30.6 Å². The van der Waals surface area contributed by atoms with Crippen molar-refractivity contribution in [3.8, 4) is 5.88 Å². The van der Waals surface area contributed by atoms with E-state index in [1.807, 2.05) is 0 Å². The molecule has 5 nitrogen and oxygen atoms in total. The molecule has 0 spiro atoms. The second-order valence-corrected chi connectivity index (χ2v) is 7.14. The first-order chi connectivity index (χ1) is 10.3. The number of rotatable bonds is 3. The van der Waals surface area contributed by atoms with E-state index in [0.717, 1.165) is 12.5 Å². The van der Waals surface area contributed by atoms with Gasteiger partial charge in [-0.05, 0) is 23.8 Å². The van der Waals surface area contributed by atoms with Crippen LogP contribution in [0.4, 0.5) is 4.39 Å². The molecule has 0 aromatic carbocycles. The molecule has 2 aliphatic rings. The monoisotopic (exact) mass is 308 g/mol. The Balaban J connectivity index is 1.81. The molecule has 1 amide bonds. The maximum Gasteiger partial charge on any atom is 0.255 e. The van der Waals surface area contributed by atoms with Crippen molar-refractivity contribution in [2.24, 2.45) is 16.7 Å². The maximum atomic E-state index is 13.7. The molecule has 1 aliphatic carbocycles. The summed E-state index contributed by atoms with van der Waals surface area (Å²) in [5.74, 6) is -0.726. The number of likely N-dealkylation sites (tertiary alicyclic amines) is 1. The van der Waals surface area contributed by atoms with Crippen molar-refractivity contribution in [1.82, 2.24) is 9.88 Å². The van der Waals surface area contributed by atoms with Gasteiger partial charge in [0.2, 0.25) is 5.88 Å². The van der Waals surface area contributed by atoms with Crippen LogP contribution in [0.3, 0.4) is 0 Å². The molecule has 22 heavy (non-hydrogen) atoms. The fraction of sp³-hybridized carbons (Fsp3) is 0.625. The van der Waals surface area contributed by atoms with Crippen LogP contribution in [0.5, 0.6) is 5.88 Å². The normalized spacial score (nSPS) is 29.0. The molecule has 1 aromatic heterocycles. The minimum Gasteiger partial charge on any atom is -0.479 e. The molecule has 2 atom stereocenters. The zero-order valence-electron chi connectivity index (χ0n) is 13.1. The fourth-order valence-corrected chi connectivity index (χ4v) is 4.37. The van der Waals surface area contributed by atoms with Gasteiger partial charge in [-0.1, -0.05) is 13.8 Å². The van der Waals surface area contributed by atoms with E-state index < -0.39 is 5.82 Å². The Morgan fingerprint density at radius 3 is 2.82 bits per heavy atom. The summed E-state index contributed by atoms with van der Waals surface area (Å²) in [6.07, 6.45) is 2.24. The summed E-state index contributed by atoms with van der Waals surface area (Å²) in [5.41, 5.74) is 0.143. The molecule has 1 saturated carbocycles. The average Bonchev–Trinajstić information content (AvgIpc) is 2.81. The predicted molar refractivity (Wildman–Crippen MR) is 78.1 cm³/mol. The van der Waals surface area contributed by atoms with E-state index in [9.17, 15) is 14.3 Å². The summed E-state index contributed by atoms with van der Waals surface area (Å²) in [7, 11) is 1.33. The molecule has 6 heteroatoms. The summed E-state index contributed by atoms with van der Waals surface area (Å²) in [6, 6.07) is 1.16. The molecule has 2 fully saturated rings. The number of methoxy groups -OCH3 is 1. The van der Waals surface area contributed by atoms with Crippen molar-refractivity contribution in [2.75, 3.05) is 26.8 Å². The van der Waals surface area contributed by atoms with E-state index in [-0.39, 0.29) is 40.7 Å². The van der Waals surface area contributed by atoms with E-state index in [1.54, 1.807) is 4.90 Å². The smallest absolute Gasteiger partial charge is 0.255 e. The van der Waals surface area contributed by atoms with Crippen LogP contribution in [0.15, 0.2) is 12.3 Å². The lowest BCUT2D eigenvalue weighted by molar-refractivity contribution is -0.0977. The number of fused-ring (bicyclic) bond motifs is 1. The third kappa shape index (κ3) is 2.08. The van der Waals surface area contributed by atoms with Crippen LogP contribution >= 0.6 is 0 Å². The Morgan fingerprint density at radius 2 is 2.32 bits per heavy atom. The Kier molecular flexibility index (Phi) is 3.40. The Bertz CT molecular complexity index is 619. The van der Waals surface area contributed by atoms with Crippen LogP contribution in [0.2, 0.25) is 0 Å². The molecule has 120 valence electrons. The van der Waals surface area contributed by atoms with Crippen LogP contribution in [0.25, 0.3) is 0 Å². The lowest BCUT2D eigenvalue weighted by atomic mass is 9.48. The van der Waals surface area contributed by atoms with Crippen molar-refractivity contribution in [3.63, 3.8) is 0 Å². The van der Waals surface area contributed by atoms with Gasteiger partial charge in [-0.2, -0.15) is 0 Å². The first-order valence-electron chi connectivity index (χ1n) is 7.43. The highest BCUT2D eigenvalue weighted by molar-refractivity contribution is 5.94. The van der Waals surface area contributed by atoms with Crippen LogP contribution in [0, 0.1) is 22.6 Å². The molecule has 3 rings (SSSR count). The van der Waals surface area contributed by atoms with Crippen molar-refractivity contribution in [3.05, 3.63) is 23.6 Å². The van der Waals surface area contributed by atoms with Crippen LogP contribution in [-0.4, -0.2) is 47.7 Å². The number of halogens is 1. The van der Waals surface area contributed by atoms with Crippen molar-refractivity contribution in [2.45, 2.75) is 20.3 Å². The van der Waals surface area contributed by atoms with E-state index in [4.69, 9.17) is 4.74 Å². The highest BCUT2D eigenvalue weighted by Crippen LogP contribution is 2.62. The molecule has 2 heterocycles. The van der Waals surface area contributed by atoms with Crippen LogP contribution < -0.4 is 4.74 Å². The zero-order valence-corrected chi connectivity index (χ0v) is 13.1. The predicted octanol–water partition coefficient (Wildman–Crippen LogP) is 1.71. The third-order valence-electron chi connectivity index (χ3n) is 5.25. The van der Waals surface area contributed by atoms with Crippen molar-refractivity contribution in [1.29, 1.82) is 0 Å². The highest BCUT2D eigenvalue weighted by atomic mass is 19.1. The van der Waals surface area contributed by atoms with E-state index in [1.165, 1.54) is 13.3 Å². The van der Waals surface area contributed by atoms with E-state index in [0.29, 0.717) is 13.1 Å². The summed E-state index contributed by atoms with van der Waals surface area (Å²) < 4.78 is 18.5. The lowest BCUT2D eigenvalue weighted by Gasteiger charge is -2.55. The van der Waals surface area contributed by atoms with Crippen molar-refractivity contribution >= 4 is 5.91 Å². The molecule has 1 aliphatic heterocycles. The highest BCUT2D eigenvalue weighted by Gasteiger charge is 2.63. The Labute approximate surface area is 129 Å². The lowest BCUT2D eigenvalue weighted by Crippen LogP contribution is -2.54. The molecule has 0 unspecified atom stereocenters. The first-order valence-corrected chi connectivity index (χ1v) is 7.43. The number of ether oxygens (including phenoxy) is 1. The number of carbonyl (C=O) groups is 1. The van der Waals surface area contributed by atoms with Gasteiger partial charge in [-0.25, -0.2) is 9.37 Å². The van der Waals surface area contributed by atoms with E-state index >= 15 is 0 Å². The number of aliphatic hydroxyl groups is 1. The van der Waals surface area contributed by atoms with Gasteiger partial charge in [0.25, 0.3) is 5.91 Å². The molecular weight excluding hydrogens is 287 g/mol. The number of hydrogen-bond donors (Lipinski definition) is 1. The second kappa shape index (κ2) is 4.91. The van der Waals surface area contributed by atoms with Crippen LogP contribution in [-0.2, 0) is 0 Å². The topological polar surface area (TPSA) is 62.7 Å². The number of amides is 1. The first kappa shape index (κ1) is 15.2. The fourth-order valence-electron chi connectivity index (χ4n) is 4.37. The molecule has 1 N–H and O–H groups in total. The number of aliphatic hydroxyl groups excluding tert-OH is 1. The Hall–Kier alpha value is -1.69. The largest absolute Gasteiger partial charge is 0.479 e. The number of carbonyl (C=O) groups excluding carboxylic acids is 1. The summed E-state index contributed by atoms with van der Waals surface area (Å²) >= 11 is 0. The minimum atomic E-state index is -0.646. The van der Waals surface area contributed by atoms with Gasteiger partial charge >= 0.3 is 0 Å². The van der Waals surface area contributed by atoms with Gasteiger partial charge in [-0.3, -0.25) is 4.79 Å². The molecule has 1 saturated heterocycles. The number of hydrogen-bond acceptors (Lipinski definition) is 4. The second-order valence-electron chi connectivity index (χ2n) is 7.14. The van der Waals surface area contributed by atoms with Gasteiger partial charge in [-0.15, -0.1) is 0 Å². The quantitative estimate of drug-likeness (QED) is 0.923. The van der Waals surface area contributed by atoms with E-state index in [2.05, 4.69) is 18.8 Å². The van der Waals surface area contributed by atoms with Gasteiger partial charge in [0.15, 0.2) is 5.82 Å². The molecule has 0 radical (unpaired) electrons. The molecular formula is C16H21FN2O3. The average molecular weight is 308 g/mol. The Morgan fingerprint density at radius 1 is 1.59 bits per heavy atom. The molecule has 1 aromatic rings. The van der Waals surface area contributed by atoms with Gasteiger partial charge in [0.05, 0.1) is 19.3 Å². The number of pyridine rings is 1. The van der Waals surface area contributed by atoms with Crippen molar-refractivity contribution < 1.29 is 19.0 Å². The third-order valence-corrected chi connectivity index (χ3v) is 5.25. The minimum absolute atomic E-state index is 0.0834. The maximum absolute atomic E-state index is 13.7. The summed E-state index contributed by atoms with van der Waals surface area (Å²) in [6.45, 7) is 5.52. The number of aromatic nitrogens is 1. The number of nitrogens with zero attached hydrogens (tertiary/aromatic N) is 2. The summed E-state index contributed by atoms with van der Waals surface area (Å²) in [5, 5.41) is 9.73. The zero-order chi connectivity index (χ0) is 16.1. The molecule has 0 bridgehead atoms.